The Morgan fingerprint density at radius 3 is 1.26 bits per heavy atom. The van der Waals surface area contributed by atoms with E-state index >= 15 is 0 Å². The highest BCUT2D eigenvalue weighted by Crippen LogP contribution is 2.63. The minimum absolute atomic E-state index is 0.457. The average molecular weight is 838 g/mol. The Kier molecular flexibility index (Phi) is 8.82. The molecule has 11 aromatic rings. The first kappa shape index (κ1) is 38.0. The Morgan fingerprint density at radius 2 is 0.636 bits per heavy atom. The van der Waals surface area contributed by atoms with Crippen LogP contribution >= 0.6 is 0 Å². The minimum Gasteiger partial charge on any atom is -0.310 e. The standard InChI is InChI=1S/C65H43N/c1-3-18-46(19-4-1)53-23-9-10-24-54(53)55-39-37-51(42-60(55)47-20-5-2-6-21-47)66(50-35-33-45(34-36-50)49-32-31-44-17-7-8-22-48(44)41-49)52-38-40-59-58-27-13-16-30-63(58)65(64(59)43-52)61-28-14-11-25-56(61)57-26-12-15-29-62(57)65/h1-43H. The van der Waals surface area contributed by atoms with E-state index in [1.165, 1.54) is 99.8 Å². The van der Waals surface area contributed by atoms with Crippen molar-refractivity contribution in [3.05, 3.63) is 283 Å². The topological polar surface area (TPSA) is 3.24 Å². The van der Waals surface area contributed by atoms with Gasteiger partial charge in [-0.15, -0.1) is 0 Å². The van der Waals surface area contributed by atoms with Crippen LogP contribution in [0.3, 0.4) is 0 Å². The molecular weight excluding hydrogens is 795 g/mol. The lowest BCUT2D eigenvalue weighted by Crippen LogP contribution is -2.26. The van der Waals surface area contributed by atoms with Crippen molar-refractivity contribution in [2.24, 2.45) is 0 Å². The van der Waals surface area contributed by atoms with E-state index in [-0.39, 0.29) is 0 Å². The molecule has 0 unspecified atom stereocenters. The van der Waals surface area contributed by atoms with E-state index in [2.05, 4.69) is 266 Å². The third-order valence-corrected chi connectivity index (χ3v) is 14.1. The van der Waals surface area contributed by atoms with E-state index < -0.39 is 5.41 Å². The van der Waals surface area contributed by atoms with Crippen molar-refractivity contribution < 1.29 is 0 Å². The van der Waals surface area contributed by atoms with E-state index in [1.54, 1.807) is 0 Å². The fourth-order valence-corrected chi connectivity index (χ4v) is 11.2. The van der Waals surface area contributed by atoms with E-state index in [9.17, 15) is 0 Å². The second kappa shape index (κ2) is 15.3. The van der Waals surface area contributed by atoms with E-state index in [1.807, 2.05) is 0 Å². The molecule has 0 aliphatic heterocycles. The molecule has 0 N–H and O–H groups in total. The molecule has 66 heavy (non-hydrogen) atoms. The lowest BCUT2D eigenvalue weighted by Gasteiger charge is -2.32. The van der Waals surface area contributed by atoms with Crippen LogP contribution in [-0.4, -0.2) is 0 Å². The smallest absolute Gasteiger partial charge is 0.0726 e. The molecule has 13 rings (SSSR count). The van der Waals surface area contributed by atoms with Gasteiger partial charge in [0.1, 0.15) is 0 Å². The quantitative estimate of drug-likeness (QED) is 0.155. The van der Waals surface area contributed by atoms with Gasteiger partial charge in [-0.05, 0) is 142 Å². The van der Waals surface area contributed by atoms with E-state index in [0.717, 1.165) is 17.1 Å². The van der Waals surface area contributed by atoms with Crippen LogP contribution in [-0.2, 0) is 5.41 Å². The van der Waals surface area contributed by atoms with Crippen LogP contribution in [0.1, 0.15) is 22.3 Å². The van der Waals surface area contributed by atoms with Gasteiger partial charge in [0.15, 0.2) is 0 Å². The second-order valence-corrected chi connectivity index (χ2v) is 17.6. The molecule has 0 saturated carbocycles. The first-order chi connectivity index (χ1) is 32.7. The second-order valence-electron chi connectivity index (χ2n) is 17.6. The van der Waals surface area contributed by atoms with Crippen molar-refractivity contribution in [1.82, 2.24) is 0 Å². The maximum absolute atomic E-state index is 2.49. The molecular formula is C65H43N. The van der Waals surface area contributed by atoms with Crippen molar-refractivity contribution in [2.75, 3.05) is 4.90 Å². The van der Waals surface area contributed by atoms with Gasteiger partial charge in [-0.2, -0.15) is 0 Å². The molecule has 1 nitrogen and oxygen atoms in total. The van der Waals surface area contributed by atoms with Crippen molar-refractivity contribution >= 4 is 27.8 Å². The number of benzene rings is 11. The van der Waals surface area contributed by atoms with Gasteiger partial charge in [-0.25, -0.2) is 0 Å². The van der Waals surface area contributed by atoms with Gasteiger partial charge in [0.25, 0.3) is 0 Å². The summed E-state index contributed by atoms with van der Waals surface area (Å²) in [5.74, 6) is 0. The zero-order valence-corrected chi connectivity index (χ0v) is 36.3. The molecule has 0 radical (unpaired) electrons. The maximum atomic E-state index is 2.49. The van der Waals surface area contributed by atoms with Crippen LogP contribution < -0.4 is 4.90 Å². The molecule has 0 fully saturated rings. The summed E-state index contributed by atoms with van der Waals surface area (Å²) in [6.07, 6.45) is 0. The molecule has 0 saturated heterocycles. The third-order valence-electron chi connectivity index (χ3n) is 14.1. The SMILES string of the molecule is c1ccc(-c2ccccc2-c2ccc(N(c3ccc(-c4ccc5ccccc5c4)cc3)c3ccc4c(c3)C3(c5ccccc5-c5ccccc53)c3ccccc3-4)cc2-c2ccccc2)cc1. The molecule has 0 bridgehead atoms. The van der Waals surface area contributed by atoms with Crippen molar-refractivity contribution in [2.45, 2.75) is 5.41 Å². The third kappa shape index (κ3) is 5.87. The first-order valence-corrected chi connectivity index (χ1v) is 22.9. The Bertz CT molecular complexity index is 3580. The number of nitrogens with zero attached hydrogens (tertiary/aromatic N) is 1. The molecule has 308 valence electrons. The van der Waals surface area contributed by atoms with Gasteiger partial charge < -0.3 is 4.90 Å². The Labute approximate surface area is 386 Å². The molecule has 0 heterocycles. The zero-order valence-electron chi connectivity index (χ0n) is 36.3. The number of hydrogen-bond donors (Lipinski definition) is 0. The van der Waals surface area contributed by atoms with Crippen LogP contribution in [0.4, 0.5) is 17.1 Å². The number of fused-ring (bicyclic) bond motifs is 11. The Balaban J connectivity index is 1.04. The summed E-state index contributed by atoms with van der Waals surface area (Å²) in [7, 11) is 0. The van der Waals surface area contributed by atoms with Crippen LogP contribution in [0.15, 0.2) is 261 Å². The lowest BCUT2D eigenvalue weighted by molar-refractivity contribution is 0.793. The average Bonchev–Trinajstić information content (AvgIpc) is 3.86. The van der Waals surface area contributed by atoms with Crippen molar-refractivity contribution in [1.29, 1.82) is 0 Å². The molecule has 1 spiro atoms. The monoisotopic (exact) mass is 837 g/mol. The highest BCUT2D eigenvalue weighted by atomic mass is 15.1. The van der Waals surface area contributed by atoms with Gasteiger partial charge in [-0.3, -0.25) is 0 Å². The molecule has 2 aliphatic rings. The van der Waals surface area contributed by atoms with E-state index in [4.69, 9.17) is 0 Å². The highest BCUT2D eigenvalue weighted by Gasteiger charge is 2.51. The van der Waals surface area contributed by atoms with Gasteiger partial charge in [0, 0.05) is 17.1 Å². The van der Waals surface area contributed by atoms with E-state index in [0.29, 0.717) is 0 Å². The van der Waals surface area contributed by atoms with Gasteiger partial charge in [-0.1, -0.05) is 218 Å². The summed E-state index contributed by atoms with van der Waals surface area (Å²) in [6, 6.07) is 96.4. The molecule has 2 aliphatic carbocycles. The summed E-state index contributed by atoms with van der Waals surface area (Å²) in [6.45, 7) is 0. The van der Waals surface area contributed by atoms with Gasteiger partial charge in [0.2, 0.25) is 0 Å². The summed E-state index contributed by atoms with van der Waals surface area (Å²) in [5.41, 5.74) is 22.9. The number of hydrogen-bond acceptors (Lipinski definition) is 1. The number of rotatable bonds is 7. The fourth-order valence-electron chi connectivity index (χ4n) is 11.2. The zero-order chi connectivity index (χ0) is 43.6. The highest BCUT2D eigenvalue weighted by molar-refractivity contribution is 5.98. The predicted molar refractivity (Wildman–Crippen MR) is 277 cm³/mol. The van der Waals surface area contributed by atoms with Crippen LogP contribution in [0, 0.1) is 0 Å². The maximum Gasteiger partial charge on any atom is 0.0726 e. The number of anilines is 3. The summed E-state index contributed by atoms with van der Waals surface area (Å²) < 4.78 is 0. The molecule has 11 aromatic carbocycles. The van der Waals surface area contributed by atoms with Crippen LogP contribution in [0.25, 0.3) is 77.5 Å². The predicted octanol–water partition coefficient (Wildman–Crippen LogP) is 17.3. The summed E-state index contributed by atoms with van der Waals surface area (Å²) in [5, 5.41) is 2.49. The fraction of sp³-hybridized carbons (Fsp3) is 0.0154. The first-order valence-electron chi connectivity index (χ1n) is 22.9. The molecule has 0 atom stereocenters. The van der Waals surface area contributed by atoms with Gasteiger partial charge >= 0.3 is 0 Å². The van der Waals surface area contributed by atoms with Crippen LogP contribution in [0.2, 0.25) is 0 Å². The Hall–Kier alpha value is -8.52. The molecule has 0 amide bonds. The molecule has 1 heteroatoms. The molecule has 0 aromatic heterocycles. The van der Waals surface area contributed by atoms with Crippen LogP contribution in [0.5, 0.6) is 0 Å². The van der Waals surface area contributed by atoms with Crippen molar-refractivity contribution in [3.63, 3.8) is 0 Å². The lowest BCUT2D eigenvalue weighted by atomic mass is 9.70. The largest absolute Gasteiger partial charge is 0.310 e. The summed E-state index contributed by atoms with van der Waals surface area (Å²) >= 11 is 0. The summed E-state index contributed by atoms with van der Waals surface area (Å²) in [4.78, 5) is 2.47. The van der Waals surface area contributed by atoms with Gasteiger partial charge in [0.05, 0.1) is 5.41 Å². The van der Waals surface area contributed by atoms with Crippen molar-refractivity contribution in [3.8, 4) is 66.8 Å². The minimum atomic E-state index is -0.457. The Morgan fingerprint density at radius 1 is 0.212 bits per heavy atom. The normalized spacial score (nSPS) is 12.7.